The molecule has 0 aliphatic carbocycles. The van der Waals surface area contributed by atoms with Crippen LogP contribution in [-0.2, 0) is 4.79 Å². The third kappa shape index (κ3) is 3.94. The number of ether oxygens (including phenoxy) is 1. The second-order valence-corrected chi connectivity index (χ2v) is 5.69. The highest BCUT2D eigenvalue weighted by Gasteiger charge is 2.14. The number of Topliss-reactive ketones (excluding diaryl/α,β-unsaturated/α-hetero) is 1. The third-order valence-corrected chi connectivity index (χ3v) is 3.79. The standard InChI is InChI=1S/C21H16N2O3/c1-14(24)21(25)20-5-3-4-19(23-20)15-6-10-17(11-7-15)26-18-12-8-16(22-2)9-13-18/h3-13,21,25H,1H3/t21-/m0/s1. The molecule has 0 amide bonds. The summed E-state index contributed by atoms with van der Waals surface area (Å²) in [4.78, 5) is 19.0. The number of aliphatic hydroxyl groups excluding tert-OH is 1. The van der Waals surface area contributed by atoms with Crippen molar-refractivity contribution in [3.8, 4) is 22.8 Å². The molecule has 5 heteroatoms. The number of carbonyl (C=O) groups excluding carboxylic acids is 1. The van der Waals surface area contributed by atoms with Crippen molar-refractivity contribution in [1.82, 2.24) is 4.98 Å². The van der Waals surface area contributed by atoms with E-state index in [4.69, 9.17) is 11.3 Å². The van der Waals surface area contributed by atoms with E-state index in [0.29, 0.717) is 28.6 Å². The zero-order valence-corrected chi connectivity index (χ0v) is 14.1. The predicted octanol–water partition coefficient (Wildman–Crippen LogP) is 4.71. The first-order valence-electron chi connectivity index (χ1n) is 7.98. The average molecular weight is 344 g/mol. The van der Waals surface area contributed by atoms with Crippen molar-refractivity contribution >= 4 is 11.5 Å². The van der Waals surface area contributed by atoms with Crippen LogP contribution in [0.5, 0.6) is 11.5 Å². The molecule has 0 bridgehead atoms. The van der Waals surface area contributed by atoms with Gasteiger partial charge >= 0.3 is 0 Å². The number of aliphatic hydroxyl groups is 1. The van der Waals surface area contributed by atoms with Gasteiger partial charge in [-0.3, -0.25) is 4.79 Å². The van der Waals surface area contributed by atoms with Crippen LogP contribution in [0.15, 0.2) is 66.7 Å². The van der Waals surface area contributed by atoms with E-state index in [1.165, 1.54) is 6.92 Å². The van der Waals surface area contributed by atoms with Crippen LogP contribution in [0, 0.1) is 6.57 Å². The number of pyridine rings is 1. The Morgan fingerprint density at radius 3 is 2.23 bits per heavy atom. The fraction of sp³-hybridized carbons (Fsp3) is 0.0952. The van der Waals surface area contributed by atoms with Gasteiger partial charge in [0.1, 0.15) is 11.5 Å². The smallest absolute Gasteiger partial charge is 0.187 e. The van der Waals surface area contributed by atoms with Crippen molar-refractivity contribution in [3.05, 3.63) is 83.8 Å². The molecule has 3 rings (SSSR count). The second-order valence-electron chi connectivity index (χ2n) is 5.69. The molecule has 128 valence electrons. The monoisotopic (exact) mass is 344 g/mol. The number of hydrogen-bond donors (Lipinski definition) is 1. The summed E-state index contributed by atoms with van der Waals surface area (Å²) in [6.45, 7) is 8.28. The Balaban J connectivity index is 1.78. The van der Waals surface area contributed by atoms with Crippen molar-refractivity contribution in [2.75, 3.05) is 0 Å². The first-order valence-corrected chi connectivity index (χ1v) is 7.98. The molecule has 0 saturated heterocycles. The van der Waals surface area contributed by atoms with Crippen molar-refractivity contribution in [2.45, 2.75) is 13.0 Å². The second kappa shape index (κ2) is 7.60. The van der Waals surface area contributed by atoms with E-state index in [9.17, 15) is 9.90 Å². The van der Waals surface area contributed by atoms with E-state index in [1.54, 1.807) is 36.4 Å². The van der Waals surface area contributed by atoms with Crippen LogP contribution in [0.2, 0.25) is 0 Å². The molecule has 5 nitrogen and oxygen atoms in total. The summed E-state index contributed by atoms with van der Waals surface area (Å²) in [5.74, 6) is 0.960. The van der Waals surface area contributed by atoms with Crippen LogP contribution in [0.1, 0.15) is 18.7 Å². The maximum absolute atomic E-state index is 11.3. The fourth-order valence-electron chi connectivity index (χ4n) is 2.39. The van der Waals surface area contributed by atoms with Gasteiger partial charge in [-0.25, -0.2) is 9.83 Å². The molecule has 2 aromatic carbocycles. The number of nitrogens with zero attached hydrogens (tertiary/aromatic N) is 2. The Bertz CT molecular complexity index is 958. The zero-order chi connectivity index (χ0) is 18.5. The van der Waals surface area contributed by atoms with Crippen LogP contribution in [-0.4, -0.2) is 15.9 Å². The van der Waals surface area contributed by atoms with Crippen LogP contribution < -0.4 is 4.74 Å². The molecule has 1 N–H and O–H groups in total. The highest BCUT2D eigenvalue weighted by molar-refractivity contribution is 5.81. The highest BCUT2D eigenvalue weighted by Crippen LogP contribution is 2.27. The Hall–Kier alpha value is -3.49. The van der Waals surface area contributed by atoms with Crippen LogP contribution >= 0.6 is 0 Å². The minimum atomic E-state index is -1.21. The summed E-state index contributed by atoms with van der Waals surface area (Å²) < 4.78 is 5.75. The lowest BCUT2D eigenvalue weighted by Crippen LogP contribution is -2.09. The molecule has 0 radical (unpaired) electrons. The summed E-state index contributed by atoms with van der Waals surface area (Å²) in [7, 11) is 0. The molecule has 0 fully saturated rings. The average Bonchev–Trinajstić information content (AvgIpc) is 2.68. The normalized spacial score (nSPS) is 11.4. The van der Waals surface area contributed by atoms with Crippen molar-refractivity contribution in [1.29, 1.82) is 0 Å². The molecule has 0 aliphatic rings. The molecule has 0 spiro atoms. The molecule has 26 heavy (non-hydrogen) atoms. The van der Waals surface area contributed by atoms with Crippen LogP contribution in [0.4, 0.5) is 5.69 Å². The van der Waals surface area contributed by atoms with Crippen molar-refractivity contribution in [2.24, 2.45) is 0 Å². The van der Waals surface area contributed by atoms with Gasteiger partial charge in [0.2, 0.25) is 0 Å². The Labute approximate surface area is 151 Å². The maximum atomic E-state index is 11.3. The van der Waals surface area contributed by atoms with Gasteiger partial charge in [0, 0.05) is 5.56 Å². The molecule has 1 heterocycles. The minimum absolute atomic E-state index is 0.329. The van der Waals surface area contributed by atoms with Crippen LogP contribution in [0.25, 0.3) is 16.1 Å². The van der Waals surface area contributed by atoms with Gasteiger partial charge < -0.3 is 9.84 Å². The summed E-state index contributed by atoms with van der Waals surface area (Å²) in [5.41, 5.74) is 2.40. The van der Waals surface area contributed by atoms with Gasteiger partial charge in [-0.05, 0) is 55.5 Å². The van der Waals surface area contributed by atoms with Gasteiger partial charge in [0.25, 0.3) is 0 Å². The zero-order valence-electron chi connectivity index (χ0n) is 14.1. The lowest BCUT2D eigenvalue weighted by Gasteiger charge is -2.09. The van der Waals surface area contributed by atoms with Gasteiger partial charge in [-0.1, -0.05) is 18.2 Å². The summed E-state index contributed by atoms with van der Waals surface area (Å²) in [6, 6.07) is 19.4. The lowest BCUT2D eigenvalue weighted by atomic mass is 10.1. The van der Waals surface area contributed by atoms with E-state index < -0.39 is 6.10 Å². The van der Waals surface area contributed by atoms with E-state index in [-0.39, 0.29) is 5.78 Å². The van der Waals surface area contributed by atoms with Gasteiger partial charge in [-0.15, -0.1) is 0 Å². The summed E-state index contributed by atoms with van der Waals surface area (Å²) in [6.07, 6.45) is -1.21. The van der Waals surface area contributed by atoms with Gasteiger partial charge in [0.15, 0.2) is 17.6 Å². The van der Waals surface area contributed by atoms with E-state index in [2.05, 4.69) is 9.83 Å². The van der Waals surface area contributed by atoms with E-state index in [0.717, 1.165) is 5.56 Å². The maximum Gasteiger partial charge on any atom is 0.187 e. The molecule has 1 aromatic heterocycles. The Morgan fingerprint density at radius 1 is 1.04 bits per heavy atom. The van der Waals surface area contributed by atoms with Crippen LogP contribution in [0.3, 0.4) is 0 Å². The summed E-state index contributed by atoms with van der Waals surface area (Å²) >= 11 is 0. The molecular formula is C21H16N2O3. The number of rotatable bonds is 5. The topological polar surface area (TPSA) is 63.8 Å². The number of aromatic nitrogens is 1. The van der Waals surface area contributed by atoms with E-state index >= 15 is 0 Å². The fourth-order valence-corrected chi connectivity index (χ4v) is 2.39. The number of benzene rings is 2. The molecule has 1 atom stereocenters. The van der Waals surface area contributed by atoms with Crippen molar-refractivity contribution < 1.29 is 14.6 Å². The number of hydrogen-bond acceptors (Lipinski definition) is 4. The predicted molar refractivity (Wildman–Crippen MR) is 98.1 cm³/mol. The quantitative estimate of drug-likeness (QED) is 0.681. The Morgan fingerprint density at radius 2 is 1.65 bits per heavy atom. The van der Waals surface area contributed by atoms with E-state index in [1.807, 2.05) is 30.3 Å². The number of carbonyl (C=O) groups is 1. The highest BCUT2D eigenvalue weighted by atomic mass is 16.5. The van der Waals surface area contributed by atoms with Crippen molar-refractivity contribution in [3.63, 3.8) is 0 Å². The van der Waals surface area contributed by atoms with Gasteiger partial charge in [0.05, 0.1) is 18.0 Å². The largest absolute Gasteiger partial charge is 0.457 e. The molecule has 3 aromatic rings. The van der Waals surface area contributed by atoms with Gasteiger partial charge in [-0.2, -0.15) is 0 Å². The molecular weight excluding hydrogens is 328 g/mol. The first kappa shape index (κ1) is 17.3. The number of ketones is 1. The lowest BCUT2D eigenvalue weighted by molar-refractivity contribution is -0.125. The summed E-state index contributed by atoms with van der Waals surface area (Å²) in [5, 5.41) is 9.86. The first-order chi connectivity index (χ1) is 12.6. The SMILES string of the molecule is [C-]#[N+]c1ccc(Oc2ccc(-c3cccc([C@@H](O)C(C)=O)n3)cc2)cc1. The molecule has 0 aliphatic heterocycles. The molecule has 0 unspecified atom stereocenters. The Kier molecular flexibility index (Phi) is 5.07. The molecule has 0 saturated carbocycles. The third-order valence-electron chi connectivity index (χ3n) is 3.79. The minimum Gasteiger partial charge on any atom is -0.457 e.